The lowest BCUT2D eigenvalue weighted by Gasteiger charge is -2.13. The standard InChI is InChI=1S/C18H18ClNO4/c1-12-8-9-17(15(19)10-12)23-11-14-6-4-5-7-16(14)24-18(21)13(2)20-22-3/h4-10,20H,2,11H2,1,3H3. The summed E-state index contributed by atoms with van der Waals surface area (Å²) in [6.07, 6.45) is 0. The second kappa shape index (κ2) is 8.38. The molecule has 2 aromatic rings. The van der Waals surface area contributed by atoms with E-state index in [2.05, 4.69) is 16.9 Å². The van der Waals surface area contributed by atoms with Gasteiger partial charge >= 0.3 is 5.97 Å². The van der Waals surface area contributed by atoms with Crippen molar-refractivity contribution < 1.29 is 19.1 Å². The van der Waals surface area contributed by atoms with Gasteiger partial charge in [-0.05, 0) is 30.7 Å². The number of benzene rings is 2. The SMILES string of the molecule is C=C(NOC)C(=O)Oc1ccccc1COc1ccc(C)cc1Cl. The predicted molar refractivity (Wildman–Crippen MR) is 91.9 cm³/mol. The molecule has 0 radical (unpaired) electrons. The van der Waals surface area contributed by atoms with E-state index in [4.69, 9.17) is 21.1 Å². The fourth-order valence-electron chi connectivity index (χ4n) is 1.93. The summed E-state index contributed by atoms with van der Waals surface area (Å²) < 4.78 is 11.0. The molecule has 0 amide bonds. The van der Waals surface area contributed by atoms with Gasteiger partial charge in [0.1, 0.15) is 23.8 Å². The molecule has 0 saturated carbocycles. The molecule has 126 valence electrons. The summed E-state index contributed by atoms with van der Waals surface area (Å²) in [5.41, 5.74) is 4.08. The number of carbonyl (C=O) groups is 1. The molecule has 0 aliphatic rings. The first kappa shape index (κ1) is 17.8. The summed E-state index contributed by atoms with van der Waals surface area (Å²) >= 11 is 6.15. The average Bonchev–Trinajstić information content (AvgIpc) is 2.55. The third-order valence-corrected chi connectivity index (χ3v) is 3.41. The van der Waals surface area contributed by atoms with E-state index in [1.54, 1.807) is 24.3 Å². The van der Waals surface area contributed by atoms with Crippen molar-refractivity contribution >= 4 is 17.6 Å². The zero-order valence-electron chi connectivity index (χ0n) is 13.5. The minimum Gasteiger partial charge on any atom is -0.487 e. The topological polar surface area (TPSA) is 56.8 Å². The van der Waals surface area contributed by atoms with Crippen LogP contribution in [0.1, 0.15) is 11.1 Å². The van der Waals surface area contributed by atoms with E-state index in [1.165, 1.54) is 7.11 Å². The number of hydroxylamine groups is 1. The van der Waals surface area contributed by atoms with Gasteiger partial charge in [0.15, 0.2) is 0 Å². The lowest BCUT2D eigenvalue weighted by molar-refractivity contribution is -0.131. The first-order valence-electron chi connectivity index (χ1n) is 7.18. The largest absolute Gasteiger partial charge is 0.487 e. The molecule has 0 aromatic heterocycles. The summed E-state index contributed by atoms with van der Waals surface area (Å²) in [4.78, 5) is 16.5. The molecule has 0 unspecified atom stereocenters. The van der Waals surface area contributed by atoms with Gasteiger partial charge in [0.25, 0.3) is 0 Å². The summed E-state index contributed by atoms with van der Waals surface area (Å²) in [6, 6.07) is 12.6. The van der Waals surface area contributed by atoms with Crippen LogP contribution in [-0.4, -0.2) is 13.1 Å². The van der Waals surface area contributed by atoms with Crippen molar-refractivity contribution in [2.75, 3.05) is 7.11 Å². The highest BCUT2D eigenvalue weighted by Gasteiger charge is 2.13. The normalized spacial score (nSPS) is 10.1. The van der Waals surface area contributed by atoms with Crippen molar-refractivity contribution in [1.82, 2.24) is 5.48 Å². The van der Waals surface area contributed by atoms with Crippen LogP contribution >= 0.6 is 11.6 Å². The first-order valence-corrected chi connectivity index (χ1v) is 7.56. The van der Waals surface area contributed by atoms with Gasteiger partial charge in [0.05, 0.1) is 12.1 Å². The highest BCUT2D eigenvalue weighted by molar-refractivity contribution is 6.32. The molecule has 2 aromatic carbocycles. The van der Waals surface area contributed by atoms with Gasteiger partial charge in [0.2, 0.25) is 0 Å². The van der Waals surface area contributed by atoms with E-state index in [1.807, 2.05) is 25.1 Å². The molecule has 5 nitrogen and oxygen atoms in total. The van der Waals surface area contributed by atoms with Gasteiger partial charge in [-0.1, -0.05) is 42.4 Å². The second-order valence-electron chi connectivity index (χ2n) is 5.00. The summed E-state index contributed by atoms with van der Waals surface area (Å²) in [5.74, 6) is 0.302. The molecule has 0 spiro atoms. The Morgan fingerprint density at radius 2 is 1.96 bits per heavy atom. The summed E-state index contributed by atoms with van der Waals surface area (Å²) in [7, 11) is 1.38. The Hall–Kier alpha value is -2.50. The number of ether oxygens (including phenoxy) is 2. The Morgan fingerprint density at radius 3 is 2.67 bits per heavy atom. The molecule has 0 atom stereocenters. The number of para-hydroxylation sites is 1. The molecule has 0 aliphatic carbocycles. The fraction of sp³-hybridized carbons (Fsp3) is 0.167. The number of hydrogen-bond acceptors (Lipinski definition) is 5. The number of halogens is 1. The van der Waals surface area contributed by atoms with Crippen molar-refractivity contribution in [1.29, 1.82) is 0 Å². The van der Waals surface area contributed by atoms with Crippen molar-refractivity contribution in [2.45, 2.75) is 13.5 Å². The monoisotopic (exact) mass is 347 g/mol. The first-order chi connectivity index (χ1) is 11.5. The smallest absolute Gasteiger partial charge is 0.361 e. The third-order valence-electron chi connectivity index (χ3n) is 3.12. The van der Waals surface area contributed by atoms with Crippen molar-refractivity contribution in [3.8, 4) is 11.5 Å². The van der Waals surface area contributed by atoms with E-state index >= 15 is 0 Å². The van der Waals surface area contributed by atoms with Gasteiger partial charge in [0, 0.05) is 5.56 Å². The quantitative estimate of drug-likeness (QED) is 0.357. The van der Waals surface area contributed by atoms with Crippen LogP contribution in [0.5, 0.6) is 11.5 Å². The molecule has 2 rings (SSSR count). The van der Waals surface area contributed by atoms with Crippen LogP contribution in [0.3, 0.4) is 0 Å². The Balaban J connectivity index is 2.08. The third kappa shape index (κ3) is 4.75. The van der Waals surface area contributed by atoms with Gasteiger partial charge in [-0.2, -0.15) is 0 Å². The molecular formula is C18H18ClNO4. The Morgan fingerprint density at radius 1 is 1.21 bits per heavy atom. The van der Waals surface area contributed by atoms with Crippen molar-refractivity contribution in [3.63, 3.8) is 0 Å². The molecule has 0 heterocycles. The number of esters is 1. The highest BCUT2D eigenvalue weighted by Crippen LogP contribution is 2.27. The van der Waals surface area contributed by atoms with E-state index in [-0.39, 0.29) is 12.3 Å². The van der Waals surface area contributed by atoms with Crippen LogP contribution < -0.4 is 15.0 Å². The molecule has 0 saturated heterocycles. The molecule has 24 heavy (non-hydrogen) atoms. The van der Waals surface area contributed by atoms with Gasteiger partial charge in [-0.15, -0.1) is 0 Å². The van der Waals surface area contributed by atoms with E-state index < -0.39 is 5.97 Å². The Labute approximate surface area is 145 Å². The molecule has 0 fully saturated rings. The molecule has 0 aliphatic heterocycles. The minimum absolute atomic E-state index is 0.00481. The molecular weight excluding hydrogens is 330 g/mol. The maximum absolute atomic E-state index is 11.9. The van der Waals surface area contributed by atoms with Gasteiger partial charge in [-0.25, -0.2) is 4.79 Å². The van der Waals surface area contributed by atoms with E-state index in [0.717, 1.165) is 5.56 Å². The molecule has 0 bridgehead atoms. The average molecular weight is 348 g/mol. The molecule has 1 N–H and O–H groups in total. The van der Waals surface area contributed by atoms with Crippen LogP contribution in [0.15, 0.2) is 54.7 Å². The van der Waals surface area contributed by atoms with Crippen molar-refractivity contribution in [3.05, 3.63) is 70.9 Å². The van der Waals surface area contributed by atoms with Crippen molar-refractivity contribution in [2.24, 2.45) is 0 Å². The maximum atomic E-state index is 11.9. The van der Waals surface area contributed by atoms with E-state index in [0.29, 0.717) is 22.1 Å². The lowest BCUT2D eigenvalue weighted by Crippen LogP contribution is -2.22. The van der Waals surface area contributed by atoms with E-state index in [9.17, 15) is 4.79 Å². The van der Waals surface area contributed by atoms with Crippen LogP contribution in [0, 0.1) is 6.92 Å². The number of nitrogens with one attached hydrogen (secondary N) is 1. The second-order valence-corrected chi connectivity index (χ2v) is 5.41. The van der Waals surface area contributed by atoms with Gasteiger partial charge < -0.3 is 9.47 Å². The zero-order chi connectivity index (χ0) is 17.5. The maximum Gasteiger partial charge on any atom is 0.361 e. The Kier molecular flexibility index (Phi) is 6.23. The molecule has 6 heteroatoms. The van der Waals surface area contributed by atoms with Crippen LogP contribution in [-0.2, 0) is 16.2 Å². The predicted octanol–water partition coefficient (Wildman–Crippen LogP) is 3.80. The minimum atomic E-state index is -0.641. The number of hydrogen-bond donors (Lipinski definition) is 1. The number of rotatable bonds is 7. The Bertz CT molecular complexity index is 746. The van der Waals surface area contributed by atoms with Crippen LogP contribution in [0.2, 0.25) is 5.02 Å². The number of aryl methyl sites for hydroxylation is 1. The summed E-state index contributed by atoms with van der Waals surface area (Å²) in [6.45, 7) is 5.68. The fourth-order valence-corrected chi connectivity index (χ4v) is 2.22. The van der Waals surface area contributed by atoms with Crippen LogP contribution in [0.4, 0.5) is 0 Å². The lowest BCUT2D eigenvalue weighted by atomic mass is 10.2. The van der Waals surface area contributed by atoms with Crippen LogP contribution in [0.25, 0.3) is 0 Å². The zero-order valence-corrected chi connectivity index (χ0v) is 14.2. The number of carbonyl (C=O) groups excluding carboxylic acids is 1. The summed E-state index contributed by atoms with van der Waals surface area (Å²) in [5, 5.41) is 0.530. The highest BCUT2D eigenvalue weighted by atomic mass is 35.5. The van der Waals surface area contributed by atoms with Gasteiger partial charge in [-0.3, -0.25) is 10.3 Å².